The summed E-state index contributed by atoms with van der Waals surface area (Å²) in [6, 6.07) is 19.7. The molecule has 4 fully saturated rings. The lowest BCUT2D eigenvalue weighted by atomic mass is 9.60. The molecule has 1 amide bonds. The minimum Gasteiger partial charge on any atom is -0.496 e. The molecule has 3 aromatic carbocycles. The Morgan fingerprint density at radius 2 is 1.81 bits per heavy atom. The molecule has 0 radical (unpaired) electrons. The second-order valence-corrected chi connectivity index (χ2v) is 17.7. The standard InChI is InChI=1S/C44H49ClN8O5S/c1-46-38-10-7-33(22-39(38)53(55)56)59-49-43(54)35-9-6-30(20-41(35)58-32-21-36-37(45)26-48-42(36)47-25-32)51-13-11-44(12-14-51)23-31(24-44)52-17-15-50(16-18-52)27-28-3-8-34(29-4-5-29)40(19-28)57-2/h3,6-10,19-22,25-26,29,31,46H,4-5,11-18,23-24,27H2,1-2H3,(H,47,48)(H,49,54). The summed E-state index contributed by atoms with van der Waals surface area (Å²) >= 11 is 7.41. The highest BCUT2D eigenvalue weighted by Crippen LogP contribution is 2.52. The van der Waals surface area contributed by atoms with E-state index in [9.17, 15) is 14.9 Å². The quantitative estimate of drug-likeness (QED) is 0.0595. The number of pyridine rings is 1. The highest BCUT2D eigenvalue weighted by atomic mass is 35.5. The summed E-state index contributed by atoms with van der Waals surface area (Å²) in [6.07, 6.45) is 10.6. The largest absolute Gasteiger partial charge is 0.496 e. The summed E-state index contributed by atoms with van der Waals surface area (Å²) in [6.45, 7) is 7.25. The highest BCUT2D eigenvalue weighted by Gasteiger charge is 2.48. The van der Waals surface area contributed by atoms with Crippen molar-refractivity contribution < 1.29 is 19.2 Å². The van der Waals surface area contributed by atoms with E-state index >= 15 is 0 Å². The monoisotopic (exact) mass is 836 g/mol. The first-order valence-electron chi connectivity index (χ1n) is 20.4. The Balaban J connectivity index is 0.825. The molecule has 2 saturated heterocycles. The number of nitrogens with zero attached hydrogens (tertiary/aromatic N) is 5. The number of nitro groups is 1. The molecule has 2 saturated carbocycles. The van der Waals surface area contributed by atoms with Crippen LogP contribution in [0.1, 0.15) is 65.9 Å². The van der Waals surface area contributed by atoms with Crippen molar-refractivity contribution in [2.24, 2.45) is 5.41 Å². The highest BCUT2D eigenvalue weighted by molar-refractivity contribution is 7.98. The number of H-pyrrole nitrogens is 1. The molecule has 0 unspecified atom stereocenters. The fourth-order valence-electron chi connectivity index (χ4n) is 9.19. The number of nitrogens with one attached hydrogen (secondary N) is 3. The van der Waals surface area contributed by atoms with E-state index in [1.54, 1.807) is 50.8 Å². The fraction of sp³-hybridized carbons (Fsp3) is 0.409. The average Bonchev–Trinajstić information content (AvgIpc) is 4.03. The van der Waals surface area contributed by atoms with Gasteiger partial charge in [-0.15, -0.1) is 0 Å². The van der Waals surface area contributed by atoms with E-state index in [-0.39, 0.29) is 5.69 Å². The molecule has 15 heteroatoms. The van der Waals surface area contributed by atoms with E-state index < -0.39 is 10.8 Å². The summed E-state index contributed by atoms with van der Waals surface area (Å²) in [5.41, 5.74) is 5.35. The number of piperazine rings is 1. The van der Waals surface area contributed by atoms with Gasteiger partial charge in [0.15, 0.2) is 0 Å². The van der Waals surface area contributed by atoms with Crippen molar-refractivity contribution in [3.05, 3.63) is 105 Å². The van der Waals surface area contributed by atoms with E-state index in [2.05, 4.69) is 52.9 Å². The molecule has 4 heterocycles. The molecule has 59 heavy (non-hydrogen) atoms. The van der Waals surface area contributed by atoms with Gasteiger partial charge in [-0.1, -0.05) is 23.7 Å². The summed E-state index contributed by atoms with van der Waals surface area (Å²) < 4.78 is 15.0. The zero-order valence-corrected chi connectivity index (χ0v) is 34.9. The Kier molecular flexibility index (Phi) is 11.1. The van der Waals surface area contributed by atoms with Crippen molar-refractivity contribution in [1.29, 1.82) is 0 Å². The topological polar surface area (TPSA) is 141 Å². The molecule has 2 aliphatic heterocycles. The molecule has 5 aromatic rings. The minimum atomic E-state index is -0.452. The number of hydrogen-bond acceptors (Lipinski definition) is 11. The molecule has 1 spiro atoms. The van der Waals surface area contributed by atoms with Crippen LogP contribution in [0.5, 0.6) is 17.2 Å². The van der Waals surface area contributed by atoms with Gasteiger partial charge in [0.25, 0.3) is 11.6 Å². The average molecular weight is 837 g/mol. The molecule has 2 aliphatic carbocycles. The van der Waals surface area contributed by atoms with Gasteiger partial charge in [-0.05, 0) is 109 Å². The van der Waals surface area contributed by atoms with Crippen molar-refractivity contribution in [3.63, 3.8) is 0 Å². The van der Waals surface area contributed by atoms with Gasteiger partial charge < -0.3 is 24.7 Å². The number of carbonyl (C=O) groups excluding carboxylic acids is 1. The number of benzene rings is 3. The van der Waals surface area contributed by atoms with E-state index in [0.29, 0.717) is 61.1 Å². The van der Waals surface area contributed by atoms with Gasteiger partial charge in [0.1, 0.15) is 28.6 Å². The molecule has 4 aliphatic rings. The number of nitro benzene ring substituents is 1. The van der Waals surface area contributed by atoms with Crippen LogP contribution in [0.3, 0.4) is 0 Å². The zero-order valence-electron chi connectivity index (χ0n) is 33.3. The lowest BCUT2D eigenvalue weighted by Gasteiger charge is -2.56. The Morgan fingerprint density at radius 1 is 1.02 bits per heavy atom. The number of rotatable bonds is 13. The third kappa shape index (κ3) is 8.41. The maximum absolute atomic E-state index is 13.7. The second-order valence-electron chi connectivity index (χ2n) is 16.4. The van der Waals surface area contributed by atoms with Crippen LogP contribution in [0.15, 0.2) is 78.0 Å². The van der Waals surface area contributed by atoms with E-state index in [4.69, 9.17) is 21.1 Å². The Morgan fingerprint density at radius 3 is 2.54 bits per heavy atom. The second kappa shape index (κ2) is 16.6. The number of amides is 1. The molecule has 13 nitrogen and oxygen atoms in total. The van der Waals surface area contributed by atoms with Crippen LogP contribution < -0.4 is 24.4 Å². The van der Waals surface area contributed by atoms with Crippen LogP contribution in [0.2, 0.25) is 5.02 Å². The van der Waals surface area contributed by atoms with E-state index in [0.717, 1.165) is 82.0 Å². The van der Waals surface area contributed by atoms with Gasteiger partial charge in [0, 0.05) is 93.2 Å². The number of carbonyl (C=O) groups is 1. The third-order valence-corrected chi connectivity index (χ3v) is 13.9. The SMILES string of the molecule is CNc1ccc(SNC(=O)c2ccc(N3CCC4(CC3)CC(N3CCN(Cc5ccc(C6CC6)c(OC)c5)CC3)C4)cc2Oc2cnc3[nH]cc(Cl)c3c2)cc1[N+](=O)[O-]. The van der Waals surface area contributed by atoms with Crippen LogP contribution in [0.4, 0.5) is 17.1 Å². The summed E-state index contributed by atoms with van der Waals surface area (Å²) in [5, 5.41) is 15.7. The molecular weight excluding hydrogens is 788 g/mol. The summed E-state index contributed by atoms with van der Waals surface area (Å²) in [7, 11) is 3.42. The third-order valence-electron chi connectivity index (χ3n) is 12.8. The molecule has 0 atom stereocenters. The number of aromatic nitrogens is 2. The smallest absolute Gasteiger partial charge is 0.293 e. The lowest BCUT2D eigenvalue weighted by Crippen LogP contribution is -2.59. The van der Waals surface area contributed by atoms with Gasteiger partial charge >= 0.3 is 0 Å². The number of piperidine rings is 1. The van der Waals surface area contributed by atoms with Gasteiger partial charge in [-0.2, -0.15) is 0 Å². The maximum atomic E-state index is 13.7. The van der Waals surface area contributed by atoms with Crippen LogP contribution in [-0.2, 0) is 6.54 Å². The van der Waals surface area contributed by atoms with Crippen LogP contribution in [0, 0.1) is 15.5 Å². The number of methoxy groups -OCH3 is 1. The van der Waals surface area contributed by atoms with Crippen molar-refractivity contribution in [3.8, 4) is 17.2 Å². The molecule has 0 bridgehead atoms. The molecule has 308 valence electrons. The summed E-state index contributed by atoms with van der Waals surface area (Å²) in [4.78, 5) is 40.6. The van der Waals surface area contributed by atoms with E-state index in [1.165, 1.54) is 42.9 Å². The summed E-state index contributed by atoms with van der Waals surface area (Å²) in [5.74, 6) is 2.16. The van der Waals surface area contributed by atoms with Gasteiger partial charge in [0.2, 0.25) is 0 Å². The number of anilines is 2. The first kappa shape index (κ1) is 39.4. The Labute approximate surface area is 353 Å². The van der Waals surface area contributed by atoms with Crippen LogP contribution in [0.25, 0.3) is 11.0 Å². The predicted molar refractivity (Wildman–Crippen MR) is 232 cm³/mol. The number of halogens is 1. The number of hydrogen-bond donors (Lipinski definition) is 3. The van der Waals surface area contributed by atoms with Crippen molar-refractivity contribution in [1.82, 2.24) is 24.5 Å². The van der Waals surface area contributed by atoms with E-state index in [1.807, 2.05) is 12.1 Å². The van der Waals surface area contributed by atoms with Gasteiger partial charge in [-0.3, -0.25) is 29.4 Å². The molecule has 3 N–H and O–H groups in total. The number of fused-ring (bicyclic) bond motifs is 1. The first-order chi connectivity index (χ1) is 28.7. The normalized spacial score (nSPS) is 18.5. The van der Waals surface area contributed by atoms with Crippen LogP contribution >= 0.6 is 23.5 Å². The van der Waals surface area contributed by atoms with Crippen molar-refractivity contribution >= 4 is 57.6 Å². The molecule has 2 aromatic heterocycles. The molecular formula is C44H49ClN8O5S. The van der Waals surface area contributed by atoms with Crippen LogP contribution in [-0.4, -0.2) is 90.1 Å². The maximum Gasteiger partial charge on any atom is 0.293 e. The predicted octanol–water partition coefficient (Wildman–Crippen LogP) is 8.85. The van der Waals surface area contributed by atoms with Gasteiger partial charge in [-0.25, -0.2) is 4.98 Å². The number of ether oxygens (including phenoxy) is 2. The minimum absolute atomic E-state index is 0.0759. The number of aromatic amines is 1. The molecule has 9 rings (SSSR count). The van der Waals surface area contributed by atoms with Crippen molar-refractivity contribution in [2.75, 3.05) is 63.6 Å². The zero-order chi connectivity index (χ0) is 40.7. The van der Waals surface area contributed by atoms with Gasteiger partial charge in [0.05, 0.1) is 28.8 Å². The Bertz CT molecular complexity index is 2360. The lowest BCUT2D eigenvalue weighted by molar-refractivity contribution is -0.384. The first-order valence-corrected chi connectivity index (χ1v) is 21.6. The Hall–Kier alpha value is -5.02. The van der Waals surface area contributed by atoms with Crippen molar-refractivity contribution in [2.45, 2.75) is 61.9 Å². The fourth-order valence-corrected chi connectivity index (χ4v) is 10.0.